The highest BCUT2D eigenvalue weighted by molar-refractivity contribution is 6.30. The third-order valence-electron chi connectivity index (χ3n) is 4.62. The van der Waals surface area contributed by atoms with Crippen LogP contribution >= 0.6 is 11.6 Å². The topological polar surface area (TPSA) is 32.3 Å². The largest absolute Gasteiger partial charge is 0.353 e. The zero-order chi connectivity index (χ0) is 16.1. The molecule has 4 heteroatoms. The molecule has 1 aliphatic heterocycles. The van der Waals surface area contributed by atoms with E-state index in [1.54, 1.807) is 0 Å². The van der Waals surface area contributed by atoms with Gasteiger partial charge in [-0.3, -0.25) is 9.69 Å². The lowest BCUT2D eigenvalue weighted by atomic mass is 9.94. The Hall–Kier alpha value is -1.06. The smallest absolute Gasteiger partial charge is 0.223 e. The Balaban J connectivity index is 1.79. The first-order valence-electron chi connectivity index (χ1n) is 8.23. The maximum Gasteiger partial charge on any atom is 0.223 e. The summed E-state index contributed by atoms with van der Waals surface area (Å²) in [6.45, 7) is 9.21. The van der Waals surface area contributed by atoms with Crippen LogP contribution in [0.1, 0.15) is 39.2 Å². The lowest BCUT2D eigenvalue weighted by Crippen LogP contribution is -2.44. The van der Waals surface area contributed by atoms with E-state index in [1.807, 2.05) is 18.2 Å². The maximum absolute atomic E-state index is 12.3. The van der Waals surface area contributed by atoms with Crippen LogP contribution in [0.3, 0.4) is 0 Å². The van der Waals surface area contributed by atoms with E-state index >= 15 is 0 Å². The van der Waals surface area contributed by atoms with Gasteiger partial charge in [0.1, 0.15) is 0 Å². The molecule has 22 heavy (non-hydrogen) atoms. The van der Waals surface area contributed by atoms with Gasteiger partial charge < -0.3 is 5.32 Å². The molecule has 1 atom stereocenters. The van der Waals surface area contributed by atoms with Crippen molar-refractivity contribution >= 4 is 17.5 Å². The molecule has 0 saturated carbocycles. The zero-order valence-electron chi connectivity index (χ0n) is 13.8. The van der Waals surface area contributed by atoms with Crippen molar-refractivity contribution in [2.24, 2.45) is 11.8 Å². The molecule has 1 heterocycles. The van der Waals surface area contributed by atoms with Gasteiger partial charge in [-0.25, -0.2) is 0 Å². The van der Waals surface area contributed by atoms with Gasteiger partial charge in [-0.1, -0.05) is 37.6 Å². The Morgan fingerprint density at radius 1 is 1.32 bits per heavy atom. The first-order valence-corrected chi connectivity index (χ1v) is 8.60. The molecule has 1 aromatic carbocycles. The third-order valence-corrected chi connectivity index (χ3v) is 4.86. The van der Waals surface area contributed by atoms with Crippen molar-refractivity contribution in [3.63, 3.8) is 0 Å². The lowest BCUT2D eigenvalue weighted by Gasteiger charge is -2.32. The Morgan fingerprint density at radius 2 is 2.00 bits per heavy atom. The summed E-state index contributed by atoms with van der Waals surface area (Å²) in [4.78, 5) is 14.7. The molecule has 0 radical (unpaired) electrons. The number of piperidine rings is 1. The zero-order valence-corrected chi connectivity index (χ0v) is 14.6. The van der Waals surface area contributed by atoms with Gasteiger partial charge in [0.05, 0.1) is 0 Å². The molecule has 2 rings (SSSR count). The summed E-state index contributed by atoms with van der Waals surface area (Å²) < 4.78 is 0. The van der Waals surface area contributed by atoms with Crippen LogP contribution in [0.5, 0.6) is 0 Å². The summed E-state index contributed by atoms with van der Waals surface area (Å²) in [5, 5.41) is 3.93. The van der Waals surface area contributed by atoms with Crippen molar-refractivity contribution < 1.29 is 4.79 Å². The Bertz CT molecular complexity index is 496. The normalized spacial score (nSPS) is 18.4. The predicted octanol–water partition coefficient (Wildman–Crippen LogP) is 3.71. The van der Waals surface area contributed by atoms with Crippen LogP contribution in [0.4, 0.5) is 0 Å². The minimum Gasteiger partial charge on any atom is -0.353 e. The number of halogens is 1. The summed E-state index contributed by atoms with van der Waals surface area (Å²) in [5.41, 5.74) is 1.24. The van der Waals surface area contributed by atoms with Crippen molar-refractivity contribution in [3.05, 3.63) is 34.9 Å². The maximum atomic E-state index is 12.3. The standard InChI is InChI=1S/C18H27ClN2O/c1-13(2)14(3)20-18(22)16-7-9-21(10-8-16)12-15-5-4-6-17(19)11-15/h4-6,11,13-14,16H,7-10,12H2,1-3H3,(H,20,22)/t14-/m1/s1. The van der Waals surface area contributed by atoms with Gasteiger partial charge in [0.15, 0.2) is 0 Å². The van der Waals surface area contributed by atoms with Crippen LogP contribution in [0.2, 0.25) is 5.02 Å². The average molecular weight is 323 g/mol. The molecule has 1 saturated heterocycles. The van der Waals surface area contributed by atoms with Crippen LogP contribution in [-0.2, 0) is 11.3 Å². The molecule has 1 amide bonds. The molecular formula is C18H27ClN2O. The third kappa shape index (κ3) is 4.99. The summed E-state index contributed by atoms with van der Waals surface area (Å²) in [6.07, 6.45) is 1.88. The molecule has 0 spiro atoms. The molecule has 1 aliphatic rings. The number of hydrogen-bond acceptors (Lipinski definition) is 2. The van der Waals surface area contributed by atoms with Crippen molar-refractivity contribution in [2.75, 3.05) is 13.1 Å². The second-order valence-corrected chi connectivity index (χ2v) is 7.16. The number of carbonyl (C=O) groups excluding carboxylic acids is 1. The van der Waals surface area contributed by atoms with Crippen molar-refractivity contribution in [3.8, 4) is 0 Å². The molecule has 0 bridgehead atoms. The van der Waals surface area contributed by atoms with E-state index in [0.29, 0.717) is 5.92 Å². The average Bonchev–Trinajstić information content (AvgIpc) is 2.47. The van der Waals surface area contributed by atoms with Gasteiger partial charge in [0.25, 0.3) is 0 Å². The first-order chi connectivity index (χ1) is 10.5. The second kappa shape index (κ2) is 7.98. The molecule has 1 fully saturated rings. The fraction of sp³-hybridized carbons (Fsp3) is 0.611. The SMILES string of the molecule is CC(C)[C@@H](C)NC(=O)C1CCN(Cc2cccc(Cl)c2)CC1. The molecule has 0 aliphatic carbocycles. The fourth-order valence-electron chi connectivity index (χ4n) is 2.76. The van der Waals surface area contributed by atoms with Gasteiger partial charge in [0.2, 0.25) is 5.91 Å². The van der Waals surface area contributed by atoms with Crippen LogP contribution in [-0.4, -0.2) is 29.9 Å². The van der Waals surface area contributed by atoms with E-state index in [1.165, 1.54) is 5.56 Å². The quantitative estimate of drug-likeness (QED) is 0.896. The van der Waals surface area contributed by atoms with Crippen LogP contribution in [0, 0.1) is 11.8 Å². The first kappa shape index (κ1) is 17.3. The molecule has 122 valence electrons. The van der Waals surface area contributed by atoms with Gasteiger partial charge in [-0.05, 0) is 56.5 Å². The highest BCUT2D eigenvalue weighted by Crippen LogP contribution is 2.20. The van der Waals surface area contributed by atoms with Gasteiger partial charge in [-0.2, -0.15) is 0 Å². The highest BCUT2D eigenvalue weighted by Gasteiger charge is 2.26. The van der Waals surface area contributed by atoms with E-state index < -0.39 is 0 Å². The monoisotopic (exact) mass is 322 g/mol. The molecule has 0 aromatic heterocycles. The highest BCUT2D eigenvalue weighted by atomic mass is 35.5. The van der Waals surface area contributed by atoms with Crippen LogP contribution < -0.4 is 5.32 Å². The number of carbonyl (C=O) groups is 1. The Labute approximate surface area is 139 Å². The lowest BCUT2D eigenvalue weighted by molar-refractivity contribution is -0.127. The summed E-state index contributed by atoms with van der Waals surface area (Å²) in [5.74, 6) is 0.868. The summed E-state index contributed by atoms with van der Waals surface area (Å²) in [7, 11) is 0. The number of nitrogens with zero attached hydrogens (tertiary/aromatic N) is 1. The summed E-state index contributed by atoms with van der Waals surface area (Å²) >= 11 is 6.03. The van der Waals surface area contributed by atoms with Crippen LogP contribution in [0.25, 0.3) is 0 Å². The molecular weight excluding hydrogens is 296 g/mol. The van der Waals surface area contributed by atoms with Crippen molar-refractivity contribution in [2.45, 2.75) is 46.2 Å². The number of benzene rings is 1. The molecule has 0 unspecified atom stereocenters. The van der Waals surface area contributed by atoms with Crippen molar-refractivity contribution in [1.82, 2.24) is 10.2 Å². The Kier molecular flexibility index (Phi) is 6.27. The van der Waals surface area contributed by atoms with Crippen molar-refractivity contribution in [1.29, 1.82) is 0 Å². The van der Waals surface area contributed by atoms with E-state index in [2.05, 4.69) is 37.1 Å². The number of likely N-dealkylation sites (tertiary alicyclic amines) is 1. The second-order valence-electron chi connectivity index (χ2n) is 6.72. The minimum atomic E-state index is 0.164. The van der Waals surface area contributed by atoms with Gasteiger partial charge in [0, 0.05) is 23.5 Å². The number of rotatable bonds is 5. The number of amides is 1. The van der Waals surface area contributed by atoms with E-state index in [-0.39, 0.29) is 17.9 Å². The molecule has 3 nitrogen and oxygen atoms in total. The summed E-state index contributed by atoms with van der Waals surface area (Å²) in [6, 6.07) is 8.26. The molecule has 1 N–H and O–H groups in total. The van der Waals surface area contributed by atoms with E-state index in [9.17, 15) is 4.79 Å². The molecule has 1 aromatic rings. The predicted molar refractivity (Wildman–Crippen MR) is 91.9 cm³/mol. The number of nitrogens with one attached hydrogen (secondary N) is 1. The number of hydrogen-bond donors (Lipinski definition) is 1. The van der Waals surface area contributed by atoms with Gasteiger partial charge >= 0.3 is 0 Å². The van der Waals surface area contributed by atoms with Crippen LogP contribution in [0.15, 0.2) is 24.3 Å². The van der Waals surface area contributed by atoms with Gasteiger partial charge in [-0.15, -0.1) is 0 Å². The minimum absolute atomic E-state index is 0.164. The van der Waals surface area contributed by atoms with E-state index in [4.69, 9.17) is 11.6 Å². The van der Waals surface area contributed by atoms with E-state index in [0.717, 1.165) is 37.5 Å². The Morgan fingerprint density at radius 3 is 2.59 bits per heavy atom. The fourth-order valence-corrected chi connectivity index (χ4v) is 2.97.